The highest BCUT2D eigenvalue weighted by Gasteiger charge is 2.11. The maximum Gasteiger partial charge on any atom is 0.343 e. The predicted molar refractivity (Wildman–Crippen MR) is 68.0 cm³/mol. The van der Waals surface area contributed by atoms with Crippen molar-refractivity contribution in [3.8, 4) is 6.01 Å². The van der Waals surface area contributed by atoms with Crippen molar-refractivity contribution < 1.29 is 4.74 Å². The second-order valence-corrected chi connectivity index (χ2v) is 4.51. The van der Waals surface area contributed by atoms with Crippen molar-refractivity contribution in [2.45, 2.75) is 23.7 Å². The van der Waals surface area contributed by atoms with E-state index in [1.165, 1.54) is 4.57 Å². The van der Waals surface area contributed by atoms with Gasteiger partial charge in [0.15, 0.2) is 5.16 Å². The highest BCUT2D eigenvalue weighted by molar-refractivity contribution is 7.99. The molecule has 2 aromatic heterocycles. The zero-order valence-corrected chi connectivity index (χ0v) is 11.3. The Bertz CT molecular complexity index is 623. The van der Waals surface area contributed by atoms with E-state index in [-0.39, 0.29) is 17.6 Å². The van der Waals surface area contributed by atoms with Crippen LogP contribution in [0, 0.1) is 0 Å². The van der Waals surface area contributed by atoms with Crippen LogP contribution in [0.5, 0.6) is 6.01 Å². The summed E-state index contributed by atoms with van der Waals surface area (Å²) in [6.07, 6.45) is 0.835. The Morgan fingerprint density at radius 2 is 2.21 bits per heavy atom. The van der Waals surface area contributed by atoms with Crippen LogP contribution in [-0.2, 0) is 7.05 Å². The third-order valence-corrected chi connectivity index (χ3v) is 2.98. The van der Waals surface area contributed by atoms with Crippen LogP contribution in [0.15, 0.2) is 15.1 Å². The summed E-state index contributed by atoms with van der Waals surface area (Å²) in [5.74, 6) is 0.0594. The van der Waals surface area contributed by atoms with E-state index in [2.05, 4.69) is 25.1 Å². The zero-order valence-electron chi connectivity index (χ0n) is 10.5. The van der Waals surface area contributed by atoms with Crippen molar-refractivity contribution in [2.24, 2.45) is 7.05 Å². The number of nitrogens with zero attached hydrogens (tertiary/aromatic N) is 5. The van der Waals surface area contributed by atoms with Gasteiger partial charge in [0.1, 0.15) is 0 Å². The zero-order chi connectivity index (χ0) is 13.8. The molecule has 19 heavy (non-hydrogen) atoms. The lowest BCUT2D eigenvalue weighted by Gasteiger charge is -2.04. The van der Waals surface area contributed by atoms with Gasteiger partial charge in [-0.05, 0) is 18.2 Å². The number of hydrogen-bond acceptors (Lipinski definition) is 8. The summed E-state index contributed by atoms with van der Waals surface area (Å²) < 4.78 is 6.64. The molecule has 0 saturated carbocycles. The van der Waals surface area contributed by atoms with Crippen molar-refractivity contribution in [3.05, 3.63) is 10.5 Å². The molecule has 2 heterocycles. The molecule has 0 aliphatic rings. The fraction of sp³-hybridized carbons (Fsp3) is 0.444. The van der Waals surface area contributed by atoms with Gasteiger partial charge in [0, 0.05) is 7.05 Å². The molecule has 0 radical (unpaired) electrons. The number of hydrogen-bond donors (Lipinski definition) is 2. The van der Waals surface area contributed by atoms with Crippen molar-refractivity contribution >= 4 is 17.7 Å². The van der Waals surface area contributed by atoms with E-state index < -0.39 is 0 Å². The van der Waals surface area contributed by atoms with Crippen LogP contribution in [0.2, 0.25) is 0 Å². The summed E-state index contributed by atoms with van der Waals surface area (Å²) in [4.78, 5) is 23.1. The summed E-state index contributed by atoms with van der Waals surface area (Å²) in [6.45, 7) is 2.47. The van der Waals surface area contributed by atoms with E-state index in [0.29, 0.717) is 16.9 Å². The molecule has 0 amide bonds. The Kier molecular flexibility index (Phi) is 4.00. The minimum Gasteiger partial charge on any atom is -0.463 e. The number of ether oxygens (including phenoxy) is 1. The topological polar surface area (TPSA) is 125 Å². The molecule has 0 bridgehead atoms. The largest absolute Gasteiger partial charge is 0.463 e. The van der Waals surface area contributed by atoms with Crippen molar-refractivity contribution in [2.75, 3.05) is 12.3 Å². The van der Waals surface area contributed by atoms with Crippen LogP contribution in [0.1, 0.15) is 13.3 Å². The van der Waals surface area contributed by atoms with Crippen molar-refractivity contribution in [1.29, 1.82) is 0 Å². The van der Waals surface area contributed by atoms with Gasteiger partial charge in [-0.1, -0.05) is 6.92 Å². The Balaban J connectivity index is 2.22. The van der Waals surface area contributed by atoms with E-state index >= 15 is 0 Å². The fourth-order valence-corrected chi connectivity index (χ4v) is 1.90. The fourth-order valence-electron chi connectivity index (χ4n) is 1.16. The molecule has 3 N–H and O–H groups in total. The molecular formula is C9H13N7O2S. The van der Waals surface area contributed by atoms with Gasteiger partial charge < -0.3 is 10.5 Å². The molecule has 2 rings (SSSR count). The average molecular weight is 283 g/mol. The van der Waals surface area contributed by atoms with Crippen LogP contribution < -0.4 is 16.2 Å². The molecule has 10 heteroatoms. The molecule has 0 aliphatic heterocycles. The maximum absolute atomic E-state index is 11.2. The number of aromatic nitrogens is 6. The Morgan fingerprint density at radius 1 is 1.42 bits per heavy atom. The van der Waals surface area contributed by atoms with Crippen LogP contribution >= 0.6 is 11.8 Å². The van der Waals surface area contributed by atoms with Crippen molar-refractivity contribution in [3.63, 3.8) is 0 Å². The van der Waals surface area contributed by atoms with Gasteiger partial charge in [0.25, 0.3) is 0 Å². The molecule has 0 saturated heterocycles. The molecule has 0 unspecified atom stereocenters. The summed E-state index contributed by atoms with van der Waals surface area (Å²) >= 11 is 1.10. The predicted octanol–water partition coefficient (Wildman–Crippen LogP) is -0.184. The quantitative estimate of drug-likeness (QED) is 0.774. The Hall–Kier alpha value is -2.10. The van der Waals surface area contributed by atoms with E-state index in [1.54, 1.807) is 7.05 Å². The molecule has 102 valence electrons. The number of aromatic amines is 1. The monoisotopic (exact) mass is 283 g/mol. The molecule has 0 atom stereocenters. The third-order valence-electron chi connectivity index (χ3n) is 2.07. The minimum absolute atomic E-state index is 0.0594. The van der Waals surface area contributed by atoms with Gasteiger partial charge in [-0.2, -0.15) is 15.0 Å². The van der Waals surface area contributed by atoms with E-state index in [1.807, 2.05) is 6.92 Å². The molecule has 0 aromatic carbocycles. The van der Waals surface area contributed by atoms with Gasteiger partial charge in [0.05, 0.1) is 6.61 Å². The second kappa shape index (κ2) is 5.69. The number of nitrogens with two attached hydrogens (primary N) is 1. The summed E-state index contributed by atoms with van der Waals surface area (Å²) in [7, 11) is 1.59. The number of H-pyrrole nitrogens is 1. The van der Waals surface area contributed by atoms with E-state index in [9.17, 15) is 4.79 Å². The second-order valence-electron chi connectivity index (χ2n) is 3.58. The van der Waals surface area contributed by atoms with Gasteiger partial charge in [-0.3, -0.25) is 4.57 Å². The highest BCUT2D eigenvalue weighted by Crippen LogP contribution is 2.22. The average Bonchev–Trinajstić information content (AvgIpc) is 2.68. The number of rotatable bonds is 5. The highest BCUT2D eigenvalue weighted by atomic mass is 32.2. The standard InChI is InChI=1S/C9H13N7O2S/c1-3-4-18-6-11-5(10)12-7(13-6)19-9-15-14-8(17)16(9)2/h3-4H2,1-2H3,(H,14,17)(H2,10,11,12,13). The van der Waals surface area contributed by atoms with Crippen LogP contribution in [-0.4, -0.2) is 36.3 Å². The van der Waals surface area contributed by atoms with Crippen LogP contribution in [0.4, 0.5) is 5.95 Å². The molecular weight excluding hydrogens is 270 g/mol. The summed E-state index contributed by atoms with van der Waals surface area (Å²) in [6, 6.07) is 0.164. The number of nitrogen functional groups attached to an aromatic ring is 1. The summed E-state index contributed by atoms with van der Waals surface area (Å²) in [5.41, 5.74) is 5.26. The van der Waals surface area contributed by atoms with Crippen molar-refractivity contribution in [1.82, 2.24) is 29.7 Å². The maximum atomic E-state index is 11.2. The Labute approximate surface area is 112 Å². The van der Waals surface area contributed by atoms with Crippen LogP contribution in [0.3, 0.4) is 0 Å². The lowest BCUT2D eigenvalue weighted by Crippen LogP contribution is -2.13. The van der Waals surface area contributed by atoms with Gasteiger partial charge in [0.2, 0.25) is 11.1 Å². The van der Waals surface area contributed by atoms with Gasteiger partial charge in [-0.25, -0.2) is 9.89 Å². The lowest BCUT2D eigenvalue weighted by atomic mass is 10.5. The smallest absolute Gasteiger partial charge is 0.343 e. The molecule has 0 fully saturated rings. The normalized spacial score (nSPS) is 10.6. The first kappa shape index (κ1) is 13.3. The molecule has 9 nitrogen and oxygen atoms in total. The first-order chi connectivity index (χ1) is 9.10. The first-order valence-electron chi connectivity index (χ1n) is 5.53. The molecule has 0 spiro atoms. The third kappa shape index (κ3) is 3.22. The number of nitrogens with one attached hydrogen (secondary N) is 1. The first-order valence-corrected chi connectivity index (χ1v) is 6.35. The van der Waals surface area contributed by atoms with E-state index in [4.69, 9.17) is 10.5 Å². The van der Waals surface area contributed by atoms with Crippen LogP contribution in [0.25, 0.3) is 0 Å². The van der Waals surface area contributed by atoms with Gasteiger partial charge in [-0.15, -0.1) is 5.10 Å². The summed E-state index contributed by atoms with van der Waals surface area (Å²) in [5, 5.41) is 6.91. The number of anilines is 1. The lowest BCUT2D eigenvalue weighted by molar-refractivity contribution is 0.288. The minimum atomic E-state index is -0.313. The molecule has 2 aromatic rings. The SMILES string of the molecule is CCCOc1nc(N)nc(Sc2n[nH]c(=O)n2C)n1. The Morgan fingerprint density at radius 3 is 2.84 bits per heavy atom. The van der Waals surface area contributed by atoms with Gasteiger partial charge >= 0.3 is 11.7 Å². The van der Waals surface area contributed by atoms with E-state index in [0.717, 1.165) is 18.2 Å². The molecule has 0 aliphatic carbocycles.